The first-order valence-corrected chi connectivity index (χ1v) is 7.94. The molecule has 0 aliphatic rings. The summed E-state index contributed by atoms with van der Waals surface area (Å²) in [6.45, 7) is 5.65. The largest absolute Gasteiger partial charge is 0.340 e. The van der Waals surface area contributed by atoms with E-state index in [4.69, 9.17) is 0 Å². The van der Waals surface area contributed by atoms with Crippen LogP contribution in [0.3, 0.4) is 0 Å². The van der Waals surface area contributed by atoms with Gasteiger partial charge in [0.2, 0.25) is 5.91 Å². The Morgan fingerprint density at radius 1 is 0.958 bits per heavy atom. The molecule has 0 bridgehead atoms. The van der Waals surface area contributed by atoms with Crippen LogP contribution in [0.5, 0.6) is 0 Å². The van der Waals surface area contributed by atoms with E-state index in [9.17, 15) is 4.79 Å². The molecular formula is C19H20N4O. The average molecular weight is 320 g/mol. The summed E-state index contributed by atoms with van der Waals surface area (Å²) in [5, 5.41) is 7.10. The van der Waals surface area contributed by atoms with Gasteiger partial charge < -0.3 is 10.6 Å². The molecule has 5 heteroatoms. The highest BCUT2D eigenvalue weighted by molar-refractivity contribution is 5.91. The Bertz CT molecular complexity index is 872. The number of carbonyl (C=O) groups is 1. The summed E-state index contributed by atoms with van der Waals surface area (Å²) in [5.41, 5.74) is 2.60. The maximum atomic E-state index is 11.1. The van der Waals surface area contributed by atoms with E-state index in [0.717, 1.165) is 33.9 Å². The predicted molar refractivity (Wildman–Crippen MR) is 97.7 cm³/mol. The smallest absolute Gasteiger partial charge is 0.221 e. The van der Waals surface area contributed by atoms with Gasteiger partial charge in [-0.2, -0.15) is 0 Å². The molecule has 5 nitrogen and oxygen atoms in total. The molecule has 1 heterocycles. The second kappa shape index (κ2) is 6.66. The van der Waals surface area contributed by atoms with Gasteiger partial charge in [0.05, 0.1) is 5.52 Å². The van der Waals surface area contributed by atoms with Crippen LogP contribution >= 0.6 is 0 Å². The summed E-state index contributed by atoms with van der Waals surface area (Å²) in [6, 6.07) is 15.5. The summed E-state index contributed by atoms with van der Waals surface area (Å²) in [7, 11) is 0. The summed E-state index contributed by atoms with van der Waals surface area (Å²) in [4.78, 5) is 20.4. The molecule has 2 N–H and O–H groups in total. The van der Waals surface area contributed by atoms with Gasteiger partial charge in [0, 0.05) is 29.6 Å². The molecule has 0 aliphatic heterocycles. The molecule has 1 aromatic heterocycles. The van der Waals surface area contributed by atoms with Crippen LogP contribution in [-0.2, 0) is 4.79 Å². The fourth-order valence-corrected chi connectivity index (χ4v) is 2.42. The van der Waals surface area contributed by atoms with Crippen molar-refractivity contribution in [2.45, 2.75) is 26.7 Å². The zero-order valence-corrected chi connectivity index (χ0v) is 14.0. The zero-order chi connectivity index (χ0) is 17.1. The number of rotatable bonds is 4. The van der Waals surface area contributed by atoms with Gasteiger partial charge in [0.15, 0.2) is 0 Å². The van der Waals surface area contributed by atoms with Gasteiger partial charge in [-0.25, -0.2) is 9.97 Å². The molecule has 0 atom stereocenters. The van der Waals surface area contributed by atoms with E-state index in [-0.39, 0.29) is 11.8 Å². The first-order valence-electron chi connectivity index (χ1n) is 7.94. The number of carbonyl (C=O) groups excluding carboxylic acids is 1. The van der Waals surface area contributed by atoms with Gasteiger partial charge in [-0.3, -0.25) is 4.79 Å². The van der Waals surface area contributed by atoms with Crippen LogP contribution in [0.4, 0.5) is 17.2 Å². The van der Waals surface area contributed by atoms with Crippen molar-refractivity contribution in [1.29, 1.82) is 0 Å². The third-order valence-corrected chi connectivity index (χ3v) is 3.60. The van der Waals surface area contributed by atoms with Crippen LogP contribution in [0.15, 0.2) is 48.5 Å². The van der Waals surface area contributed by atoms with Crippen LogP contribution in [0, 0.1) is 0 Å². The van der Waals surface area contributed by atoms with Gasteiger partial charge in [-0.15, -0.1) is 0 Å². The van der Waals surface area contributed by atoms with Crippen molar-refractivity contribution in [2.24, 2.45) is 0 Å². The standard InChI is InChI=1S/C19H20N4O/c1-12(2)18-22-17-7-5-4-6-16(17)19(23-18)21-15-10-8-14(9-11-15)20-13(3)24/h4-12H,1-3H3,(H,20,24)(H,21,22,23). The fraction of sp³-hybridized carbons (Fsp3) is 0.211. The molecule has 0 saturated heterocycles. The van der Waals surface area contributed by atoms with Crippen molar-refractivity contribution < 1.29 is 4.79 Å². The number of amides is 1. The van der Waals surface area contributed by atoms with Crippen molar-refractivity contribution >= 4 is 34.0 Å². The fourth-order valence-electron chi connectivity index (χ4n) is 2.42. The van der Waals surface area contributed by atoms with Crippen LogP contribution in [-0.4, -0.2) is 15.9 Å². The monoisotopic (exact) mass is 320 g/mol. The van der Waals surface area contributed by atoms with Crippen molar-refractivity contribution in [1.82, 2.24) is 9.97 Å². The number of aromatic nitrogens is 2. The lowest BCUT2D eigenvalue weighted by Gasteiger charge is -2.13. The third-order valence-electron chi connectivity index (χ3n) is 3.60. The van der Waals surface area contributed by atoms with E-state index in [1.807, 2.05) is 48.5 Å². The van der Waals surface area contributed by atoms with E-state index in [1.165, 1.54) is 6.92 Å². The number of hydrogen-bond acceptors (Lipinski definition) is 4. The molecule has 0 spiro atoms. The summed E-state index contributed by atoms with van der Waals surface area (Å²) >= 11 is 0. The van der Waals surface area contributed by atoms with Gasteiger partial charge in [0.1, 0.15) is 11.6 Å². The SMILES string of the molecule is CC(=O)Nc1ccc(Nc2nc(C(C)C)nc3ccccc23)cc1. The molecule has 3 rings (SSSR count). The molecular weight excluding hydrogens is 300 g/mol. The van der Waals surface area contributed by atoms with Crippen molar-refractivity contribution in [3.63, 3.8) is 0 Å². The van der Waals surface area contributed by atoms with Crippen molar-refractivity contribution in [3.05, 3.63) is 54.4 Å². The number of anilines is 3. The summed E-state index contributed by atoms with van der Waals surface area (Å²) in [6.07, 6.45) is 0. The molecule has 24 heavy (non-hydrogen) atoms. The van der Waals surface area contributed by atoms with E-state index >= 15 is 0 Å². The molecule has 0 saturated carbocycles. The first-order chi connectivity index (χ1) is 11.5. The highest BCUT2D eigenvalue weighted by Gasteiger charge is 2.10. The molecule has 0 radical (unpaired) electrons. The zero-order valence-electron chi connectivity index (χ0n) is 14.0. The quantitative estimate of drug-likeness (QED) is 0.745. The minimum absolute atomic E-state index is 0.0842. The highest BCUT2D eigenvalue weighted by atomic mass is 16.1. The molecule has 2 aromatic carbocycles. The van der Waals surface area contributed by atoms with Crippen molar-refractivity contribution in [3.8, 4) is 0 Å². The lowest BCUT2D eigenvalue weighted by Crippen LogP contribution is -2.06. The van der Waals surface area contributed by atoms with Crippen molar-refractivity contribution in [2.75, 3.05) is 10.6 Å². The molecule has 1 amide bonds. The van der Waals surface area contributed by atoms with Gasteiger partial charge >= 0.3 is 0 Å². The average Bonchev–Trinajstić information content (AvgIpc) is 2.56. The van der Waals surface area contributed by atoms with Crippen LogP contribution < -0.4 is 10.6 Å². The maximum absolute atomic E-state index is 11.1. The normalized spacial score (nSPS) is 10.8. The third kappa shape index (κ3) is 3.51. The Labute approximate surface area is 141 Å². The molecule has 0 aliphatic carbocycles. The Hall–Kier alpha value is -2.95. The maximum Gasteiger partial charge on any atom is 0.221 e. The van der Waals surface area contributed by atoms with Crippen LogP contribution in [0.2, 0.25) is 0 Å². The Morgan fingerprint density at radius 3 is 2.29 bits per heavy atom. The van der Waals surface area contributed by atoms with E-state index in [0.29, 0.717) is 0 Å². The van der Waals surface area contributed by atoms with Gasteiger partial charge in [-0.05, 0) is 36.4 Å². The van der Waals surface area contributed by atoms with Crippen LogP contribution in [0.1, 0.15) is 32.5 Å². The number of nitrogens with one attached hydrogen (secondary N) is 2. The van der Waals surface area contributed by atoms with E-state index < -0.39 is 0 Å². The Balaban J connectivity index is 1.95. The van der Waals surface area contributed by atoms with E-state index in [2.05, 4.69) is 34.4 Å². The number of hydrogen-bond donors (Lipinski definition) is 2. The highest BCUT2D eigenvalue weighted by Crippen LogP contribution is 2.26. The van der Waals surface area contributed by atoms with E-state index in [1.54, 1.807) is 0 Å². The minimum Gasteiger partial charge on any atom is -0.340 e. The number of benzene rings is 2. The lowest BCUT2D eigenvalue weighted by molar-refractivity contribution is -0.114. The minimum atomic E-state index is -0.0842. The first kappa shape index (κ1) is 15.9. The number of nitrogens with zero attached hydrogens (tertiary/aromatic N) is 2. The second-order valence-corrected chi connectivity index (χ2v) is 5.99. The molecule has 3 aromatic rings. The Morgan fingerprint density at radius 2 is 1.62 bits per heavy atom. The molecule has 122 valence electrons. The van der Waals surface area contributed by atoms with Crippen LogP contribution in [0.25, 0.3) is 10.9 Å². The Kier molecular flexibility index (Phi) is 4.42. The number of fused-ring (bicyclic) bond motifs is 1. The number of para-hydroxylation sites is 1. The van der Waals surface area contributed by atoms with Gasteiger partial charge in [-0.1, -0.05) is 26.0 Å². The topological polar surface area (TPSA) is 66.9 Å². The van der Waals surface area contributed by atoms with Gasteiger partial charge in [0.25, 0.3) is 0 Å². The molecule has 0 unspecified atom stereocenters. The molecule has 0 fully saturated rings. The lowest BCUT2D eigenvalue weighted by atomic mass is 10.1. The second-order valence-electron chi connectivity index (χ2n) is 5.99. The summed E-state index contributed by atoms with van der Waals surface area (Å²) < 4.78 is 0. The summed E-state index contributed by atoms with van der Waals surface area (Å²) in [5.74, 6) is 1.76. The predicted octanol–water partition coefficient (Wildman–Crippen LogP) is 4.46.